The minimum atomic E-state index is -1.39. The molecule has 0 saturated carbocycles. The molecule has 0 fully saturated rings. The van der Waals surface area contributed by atoms with Gasteiger partial charge in [0, 0.05) is 0 Å². The monoisotopic (exact) mass is 701 g/mol. The molecule has 0 heterocycles. The van der Waals surface area contributed by atoms with Crippen LogP contribution in [-0.4, -0.2) is 68.4 Å². The molecule has 0 aliphatic heterocycles. The van der Waals surface area contributed by atoms with Crippen molar-refractivity contribution < 1.29 is 57.5 Å². The van der Waals surface area contributed by atoms with E-state index in [1.807, 2.05) is 0 Å². The number of aliphatic carboxylic acids is 1. The second-order valence-electron chi connectivity index (χ2n) is 12.0. The molecule has 3 aromatic rings. The SMILES string of the molecule is COc1ccccc1C(=O)OCC(C)(C)C(=O)Oc1ccc(C[C@H](N)C(=O)O)cc1OC(=O)C(C)(C)COC(=O)c1ccccc1OC.Cl. The lowest BCUT2D eigenvalue weighted by atomic mass is 9.95. The summed E-state index contributed by atoms with van der Waals surface area (Å²) < 4.78 is 32.4. The standard InChI is InChI=1S/C35H39NO12.ClH/c1-34(2,19-45-30(39)22-11-7-9-13-25(22)43-5)32(41)47-27-16-15-21(17-24(36)29(37)38)18-28(27)48-33(42)35(3,4)20-46-31(40)23-12-8-10-14-26(23)44-6;/h7-16,18,24H,17,19-20,36H2,1-6H3,(H,37,38);1H/t24-;/m0./s1. The average Bonchev–Trinajstić information content (AvgIpc) is 3.06. The lowest BCUT2D eigenvalue weighted by molar-refractivity contribution is -0.149. The van der Waals surface area contributed by atoms with E-state index < -0.39 is 46.7 Å². The molecule has 0 spiro atoms. The maximum absolute atomic E-state index is 13.4. The van der Waals surface area contributed by atoms with Crippen molar-refractivity contribution >= 4 is 42.3 Å². The third kappa shape index (κ3) is 10.7. The number of methoxy groups -OCH3 is 2. The van der Waals surface area contributed by atoms with Gasteiger partial charge in [-0.1, -0.05) is 30.3 Å². The van der Waals surface area contributed by atoms with Crippen LogP contribution in [0.15, 0.2) is 66.7 Å². The van der Waals surface area contributed by atoms with Crippen molar-refractivity contribution in [2.75, 3.05) is 27.4 Å². The third-order valence-corrected chi connectivity index (χ3v) is 7.07. The molecule has 0 aliphatic carbocycles. The number of carboxylic acids is 1. The predicted octanol–water partition coefficient (Wildman–Crippen LogP) is 4.66. The number of carbonyl (C=O) groups excluding carboxylic acids is 4. The molecular formula is C35H40ClNO12. The Hall–Kier alpha value is -5.14. The summed E-state index contributed by atoms with van der Waals surface area (Å²) in [7, 11) is 2.82. The molecular weight excluding hydrogens is 662 g/mol. The summed E-state index contributed by atoms with van der Waals surface area (Å²) in [5, 5.41) is 9.27. The van der Waals surface area contributed by atoms with Crippen molar-refractivity contribution in [2.24, 2.45) is 16.6 Å². The van der Waals surface area contributed by atoms with E-state index >= 15 is 0 Å². The molecule has 0 saturated heterocycles. The fourth-order valence-corrected chi connectivity index (χ4v) is 4.05. The summed E-state index contributed by atoms with van der Waals surface area (Å²) in [6.45, 7) is 5.21. The van der Waals surface area contributed by atoms with Crippen LogP contribution in [0.5, 0.6) is 23.0 Å². The van der Waals surface area contributed by atoms with Gasteiger partial charge in [-0.15, -0.1) is 12.4 Å². The van der Waals surface area contributed by atoms with Crippen LogP contribution in [0.1, 0.15) is 54.0 Å². The number of rotatable bonds is 15. The number of nitrogens with two attached hydrogens (primary N) is 1. The molecule has 3 N–H and O–H groups in total. The molecule has 0 unspecified atom stereocenters. The van der Waals surface area contributed by atoms with Gasteiger partial charge in [0.25, 0.3) is 0 Å². The van der Waals surface area contributed by atoms with Crippen LogP contribution in [0, 0.1) is 10.8 Å². The molecule has 14 heteroatoms. The van der Waals surface area contributed by atoms with Crippen molar-refractivity contribution in [1.82, 2.24) is 0 Å². The Balaban J connectivity index is 0.00000833. The van der Waals surface area contributed by atoms with E-state index in [9.17, 15) is 29.1 Å². The molecule has 0 aliphatic rings. The number of carboxylic acid groups (broad SMARTS) is 1. The zero-order valence-electron chi connectivity index (χ0n) is 28.0. The van der Waals surface area contributed by atoms with Gasteiger partial charge in [0.2, 0.25) is 0 Å². The van der Waals surface area contributed by atoms with Gasteiger partial charge < -0.3 is 39.3 Å². The summed E-state index contributed by atoms with van der Waals surface area (Å²) in [4.78, 5) is 63.5. The van der Waals surface area contributed by atoms with E-state index in [0.29, 0.717) is 17.1 Å². The minimum Gasteiger partial charge on any atom is -0.496 e. The summed E-state index contributed by atoms with van der Waals surface area (Å²) in [5.74, 6) is -4.15. The Morgan fingerprint density at radius 1 is 0.673 bits per heavy atom. The second kappa shape index (κ2) is 17.3. The number of benzene rings is 3. The molecule has 0 radical (unpaired) electrons. The third-order valence-electron chi connectivity index (χ3n) is 7.07. The molecule has 1 atom stereocenters. The quantitative estimate of drug-likeness (QED) is 0.165. The van der Waals surface area contributed by atoms with Gasteiger partial charge in [0.15, 0.2) is 11.5 Å². The second-order valence-corrected chi connectivity index (χ2v) is 12.0. The van der Waals surface area contributed by atoms with Crippen molar-refractivity contribution in [3.05, 3.63) is 83.4 Å². The van der Waals surface area contributed by atoms with E-state index in [-0.39, 0.29) is 54.7 Å². The van der Waals surface area contributed by atoms with Gasteiger partial charge in [-0.25, -0.2) is 9.59 Å². The highest BCUT2D eigenvalue weighted by Gasteiger charge is 2.36. The maximum Gasteiger partial charge on any atom is 0.341 e. The summed E-state index contributed by atoms with van der Waals surface area (Å²) in [5.41, 5.74) is 3.65. The van der Waals surface area contributed by atoms with E-state index in [1.165, 1.54) is 72.2 Å². The van der Waals surface area contributed by atoms with Gasteiger partial charge in [-0.3, -0.25) is 14.4 Å². The summed E-state index contributed by atoms with van der Waals surface area (Å²) in [6.07, 6.45) is -0.127. The van der Waals surface area contributed by atoms with E-state index in [0.717, 1.165) is 0 Å². The zero-order chi connectivity index (χ0) is 35.6. The van der Waals surface area contributed by atoms with E-state index in [4.69, 9.17) is 34.2 Å². The largest absolute Gasteiger partial charge is 0.496 e. The van der Waals surface area contributed by atoms with Gasteiger partial charge in [-0.05, 0) is 76.1 Å². The molecule has 3 aromatic carbocycles. The Morgan fingerprint density at radius 3 is 1.53 bits per heavy atom. The first-order chi connectivity index (χ1) is 22.6. The predicted molar refractivity (Wildman–Crippen MR) is 178 cm³/mol. The molecule has 13 nitrogen and oxygen atoms in total. The number of hydrogen-bond donors (Lipinski definition) is 2. The minimum absolute atomic E-state index is 0. The number of halogens is 1. The first kappa shape index (κ1) is 40.0. The summed E-state index contributed by atoms with van der Waals surface area (Å²) in [6, 6.07) is 15.7. The van der Waals surface area contributed by atoms with E-state index in [1.54, 1.807) is 36.4 Å². The fourth-order valence-electron chi connectivity index (χ4n) is 4.05. The van der Waals surface area contributed by atoms with Crippen molar-refractivity contribution in [2.45, 2.75) is 40.2 Å². The van der Waals surface area contributed by atoms with Crippen LogP contribution in [0.4, 0.5) is 0 Å². The Labute approximate surface area is 290 Å². The number of carbonyl (C=O) groups is 5. The number of hydrogen-bond acceptors (Lipinski definition) is 12. The summed E-state index contributed by atoms with van der Waals surface area (Å²) >= 11 is 0. The van der Waals surface area contributed by atoms with Gasteiger partial charge in [-0.2, -0.15) is 0 Å². The number of ether oxygens (including phenoxy) is 6. The molecule has 0 amide bonds. The smallest absolute Gasteiger partial charge is 0.341 e. The molecule has 3 rings (SSSR count). The van der Waals surface area contributed by atoms with E-state index in [2.05, 4.69) is 0 Å². The van der Waals surface area contributed by atoms with Crippen molar-refractivity contribution in [3.63, 3.8) is 0 Å². The first-order valence-electron chi connectivity index (χ1n) is 14.8. The number of para-hydroxylation sites is 2. The Morgan fingerprint density at radius 2 is 1.10 bits per heavy atom. The van der Waals surface area contributed by atoms with Crippen molar-refractivity contribution in [1.29, 1.82) is 0 Å². The molecule has 264 valence electrons. The van der Waals surface area contributed by atoms with Gasteiger partial charge in [0.05, 0.1) is 25.0 Å². The van der Waals surface area contributed by atoms with Gasteiger partial charge in [0.1, 0.15) is 41.9 Å². The Bertz CT molecular complexity index is 1670. The average molecular weight is 702 g/mol. The lowest BCUT2D eigenvalue weighted by Crippen LogP contribution is -2.36. The van der Waals surface area contributed by atoms with Gasteiger partial charge >= 0.3 is 29.8 Å². The van der Waals surface area contributed by atoms with Crippen LogP contribution in [0.3, 0.4) is 0 Å². The molecule has 0 bridgehead atoms. The van der Waals surface area contributed by atoms with Crippen LogP contribution in [0.25, 0.3) is 0 Å². The van der Waals surface area contributed by atoms with Crippen LogP contribution >= 0.6 is 12.4 Å². The zero-order valence-corrected chi connectivity index (χ0v) is 28.8. The van der Waals surface area contributed by atoms with Crippen LogP contribution in [0.2, 0.25) is 0 Å². The first-order valence-corrected chi connectivity index (χ1v) is 14.8. The highest BCUT2D eigenvalue weighted by atomic mass is 35.5. The lowest BCUT2D eigenvalue weighted by Gasteiger charge is -2.25. The maximum atomic E-state index is 13.4. The normalized spacial score (nSPS) is 11.7. The van der Waals surface area contributed by atoms with Crippen LogP contribution in [-0.2, 0) is 30.3 Å². The van der Waals surface area contributed by atoms with Crippen molar-refractivity contribution in [3.8, 4) is 23.0 Å². The number of esters is 4. The highest BCUT2D eigenvalue weighted by Crippen LogP contribution is 2.34. The Kier molecular flexibility index (Phi) is 14.1. The van der Waals surface area contributed by atoms with Crippen LogP contribution < -0.4 is 24.7 Å². The topological polar surface area (TPSA) is 187 Å². The molecule has 49 heavy (non-hydrogen) atoms. The fraction of sp³-hybridized carbons (Fsp3) is 0.343. The highest BCUT2D eigenvalue weighted by molar-refractivity contribution is 5.93. The molecule has 0 aromatic heterocycles.